The lowest BCUT2D eigenvalue weighted by Gasteiger charge is -2.11. The second-order valence-electron chi connectivity index (χ2n) is 4.85. The van der Waals surface area contributed by atoms with E-state index in [4.69, 9.17) is 0 Å². The van der Waals surface area contributed by atoms with E-state index < -0.39 is 5.97 Å². The van der Waals surface area contributed by atoms with E-state index in [1.54, 1.807) is 17.9 Å². The zero-order chi connectivity index (χ0) is 15.0. The van der Waals surface area contributed by atoms with Crippen LogP contribution < -0.4 is 5.32 Å². The number of aromatic carboxylic acids is 1. The minimum atomic E-state index is -1.02. The molecule has 0 saturated heterocycles. The molecule has 2 aromatic heterocycles. The topological polar surface area (TPSA) is 80.0 Å². The van der Waals surface area contributed by atoms with E-state index in [0.29, 0.717) is 16.7 Å². The molecule has 0 unspecified atom stereocenters. The van der Waals surface area contributed by atoms with Crippen molar-refractivity contribution in [3.63, 3.8) is 0 Å². The van der Waals surface area contributed by atoms with Crippen LogP contribution in [0.3, 0.4) is 0 Å². The lowest BCUT2D eigenvalue weighted by atomic mass is 10.1. The van der Waals surface area contributed by atoms with Gasteiger partial charge in [0.2, 0.25) is 0 Å². The van der Waals surface area contributed by atoms with Gasteiger partial charge in [0.05, 0.1) is 17.3 Å². The third-order valence-electron chi connectivity index (χ3n) is 3.28. The number of aromatic nitrogens is 3. The van der Waals surface area contributed by atoms with E-state index >= 15 is 0 Å². The van der Waals surface area contributed by atoms with Gasteiger partial charge in [0.15, 0.2) is 5.65 Å². The van der Waals surface area contributed by atoms with E-state index in [1.807, 2.05) is 31.2 Å². The molecule has 0 aliphatic heterocycles. The highest BCUT2D eigenvalue weighted by atomic mass is 16.4. The number of carboxylic acids is 1. The number of carbonyl (C=O) groups is 1. The first-order valence-electron chi connectivity index (χ1n) is 6.44. The van der Waals surface area contributed by atoms with Crippen LogP contribution >= 0.6 is 0 Å². The molecule has 3 rings (SSSR count). The van der Waals surface area contributed by atoms with Crippen LogP contribution in [-0.4, -0.2) is 25.8 Å². The van der Waals surface area contributed by atoms with Gasteiger partial charge in [0.1, 0.15) is 5.56 Å². The Hall–Kier alpha value is -2.89. The fourth-order valence-electron chi connectivity index (χ4n) is 2.26. The summed E-state index contributed by atoms with van der Waals surface area (Å²) in [6.07, 6.45) is 2.97. The molecular formula is C15H14N4O2. The van der Waals surface area contributed by atoms with Gasteiger partial charge in [-0.3, -0.25) is 4.68 Å². The second kappa shape index (κ2) is 4.90. The van der Waals surface area contributed by atoms with Gasteiger partial charge in [-0.2, -0.15) is 5.10 Å². The van der Waals surface area contributed by atoms with Gasteiger partial charge in [-0.25, -0.2) is 9.78 Å². The van der Waals surface area contributed by atoms with Crippen LogP contribution in [0.1, 0.15) is 15.9 Å². The molecule has 6 heteroatoms. The predicted octanol–water partition coefficient (Wildman–Crippen LogP) is 2.72. The number of hydrogen-bond acceptors (Lipinski definition) is 4. The van der Waals surface area contributed by atoms with E-state index in [9.17, 15) is 9.90 Å². The number of fused-ring (bicyclic) bond motifs is 1. The first-order chi connectivity index (χ1) is 10.1. The van der Waals surface area contributed by atoms with Crippen LogP contribution in [0.5, 0.6) is 0 Å². The van der Waals surface area contributed by atoms with Gasteiger partial charge >= 0.3 is 5.97 Å². The molecule has 106 valence electrons. The summed E-state index contributed by atoms with van der Waals surface area (Å²) in [6, 6.07) is 7.74. The van der Waals surface area contributed by atoms with Crippen molar-refractivity contribution < 1.29 is 9.90 Å². The van der Waals surface area contributed by atoms with E-state index in [0.717, 1.165) is 11.3 Å². The minimum Gasteiger partial charge on any atom is -0.478 e. The summed E-state index contributed by atoms with van der Waals surface area (Å²) in [5.74, 6) is -1.02. The number of anilines is 2. The lowest BCUT2D eigenvalue weighted by Crippen LogP contribution is -2.05. The highest BCUT2D eigenvalue weighted by Crippen LogP contribution is 2.29. The molecule has 0 radical (unpaired) electrons. The maximum Gasteiger partial charge on any atom is 0.339 e. The summed E-state index contributed by atoms with van der Waals surface area (Å²) in [7, 11) is 1.77. The minimum absolute atomic E-state index is 0.122. The Morgan fingerprint density at radius 3 is 2.86 bits per heavy atom. The van der Waals surface area contributed by atoms with Gasteiger partial charge < -0.3 is 10.4 Å². The molecule has 0 saturated carbocycles. The summed E-state index contributed by atoms with van der Waals surface area (Å²) in [4.78, 5) is 15.6. The molecule has 1 aromatic carbocycles. The van der Waals surface area contributed by atoms with Crippen molar-refractivity contribution in [2.75, 3.05) is 5.32 Å². The molecule has 0 fully saturated rings. The predicted molar refractivity (Wildman–Crippen MR) is 79.9 cm³/mol. The lowest BCUT2D eigenvalue weighted by molar-refractivity contribution is 0.0697. The van der Waals surface area contributed by atoms with Gasteiger partial charge in [-0.05, 0) is 24.6 Å². The van der Waals surface area contributed by atoms with E-state index in [-0.39, 0.29) is 5.56 Å². The standard InChI is InChI=1S/C15H14N4O2/c1-9-4-3-5-10(6-9)18-13-11-8-17-19(2)14(11)16-7-12(13)15(20)21/h3-8H,1-2H3,(H,16,18)(H,20,21). The van der Waals surface area contributed by atoms with Crippen molar-refractivity contribution in [3.8, 4) is 0 Å². The normalized spacial score (nSPS) is 10.8. The Labute approximate surface area is 121 Å². The molecule has 3 aromatic rings. The second-order valence-corrected chi connectivity index (χ2v) is 4.85. The fraction of sp³-hybridized carbons (Fsp3) is 0.133. The summed E-state index contributed by atoms with van der Waals surface area (Å²) in [5.41, 5.74) is 3.18. The van der Waals surface area contributed by atoms with Crippen molar-refractivity contribution in [1.29, 1.82) is 0 Å². The van der Waals surface area contributed by atoms with Crippen molar-refractivity contribution >= 4 is 28.4 Å². The maximum absolute atomic E-state index is 11.4. The summed E-state index contributed by atoms with van der Waals surface area (Å²) in [6.45, 7) is 1.98. The summed E-state index contributed by atoms with van der Waals surface area (Å²) >= 11 is 0. The average Bonchev–Trinajstić information content (AvgIpc) is 2.81. The van der Waals surface area contributed by atoms with Crippen LogP contribution in [-0.2, 0) is 7.05 Å². The number of benzene rings is 1. The molecule has 2 heterocycles. The van der Waals surface area contributed by atoms with E-state index in [1.165, 1.54) is 6.20 Å². The van der Waals surface area contributed by atoms with Gasteiger partial charge in [-0.15, -0.1) is 0 Å². The highest BCUT2D eigenvalue weighted by molar-refractivity contribution is 6.04. The molecule has 0 spiro atoms. The zero-order valence-electron chi connectivity index (χ0n) is 11.7. The Morgan fingerprint density at radius 1 is 1.33 bits per heavy atom. The number of nitrogens with zero attached hydrogens (tertiary/aromatic N) is 3. The van der Waals surface area contributed by atoms with Crippen LogP contribution in [0.4, 0.5) is 11.4 Å². The first kappa shape index (κ1) is 13.1. The van der Waals surface area contributed by atoms with Gasteiger partial charge in [0, 0.05) is 18.9 Å². The molecule has 0 atom stereocenters. The van der Waals surface area contributed by atoms with Crippen LogP contribution in [0.25, 0.3) is 11.0 Å². The monoisotopic (exact) mass is 282 g/mol. The first-order valence-corrected chi connectivity index (χ1v) is 6.44. The maximum atomic E-state index is 11.4. The number of hydrogen-bond donors (Lipinski definition) is 2. The SMILES string of the molecule is Cc1cccc(Nc2c(C(=O)O)cnc3c2cnn3C)c1. The molecule has 0 amide bonds. The largest absolute Gasteiger partial charge is 0.478 e. The molecular weight excluding hydrogens is 268 g/mol. The number of rotatable bonds is 3. The van der Waals surface area contributed by atoms with Crippen molar-refractivity contribution in [1.82, 2.24) is 14.8 Å². The van der Waals surface area contributed by atoms with Gasteiger partial charge in [-0.1, -0.05) is 12.1 Å². The summed E-state index contributed by atoms with van der Waals surface area (Å²) in [5, 5.41) is 17.4. The Morgan fingerprint density at radius 2 is 2.14 bits per heavy atom. The zero-order valence-corrected chi connectivity index (χ0v) is 11.7. The molecule has 6 nitrogen and oxygen atoms in total. The molecule has 0 bridgehead atoms. The number of aryl methyl sites for hydroxylation is 2. The molecule has 21 heavy (non-hydrogen) atoms. The summed E-state index contributed by atoms with van der Waals surface area (Å²) < 4.78 is 1.61. The molecule has 2 N–H and O–H groups in total. The van der Waals surface area contributed by atoms with E-state index in [2.05, 4.69) is 15.4 Å². The van der Waals surface area contributed by atoms with Crippen molar-refractivity contribution in [2.24, 2.45) is 7.05 Å². The molecule has 0 aliphatic carbocycles. The van der Waals surface area contributed by atoms with Crippen LogP contribution in [0, 0.1) is 6.92 Å². The highest BCUT2D eigenvalue weighted by Gasteiger charge is 2.17. The fourth-order valence-corrected chi connectivity index (χ4v) is 2.26. The average molecular weight is 282 g/mol. The number of pyridine rings is 1. The number of nitrogens with one attached hydrogen (secondary N) is 1. The Kier molecular flexibility index (Phi) is 3.06. The third-order valence-corrected chi connectivity index (χ3v) is 3.28. The van der Waals surface area contributed by atoms with Gasteiger partial charge in [0.25, 0.3) is 0 Å². The number of carboxylic acid groups (broad SMARTS) is 1. The van der Waals surface area contributed by atoms with Crippen molar-refractivity contribution in [2.45, 2.75) is 6.92 Å². The smallest absolute Gasteiger partial charge is 0.339 e. The van der Waals surface area contributed by atoms with Crippen molar-refractivity contribution in [3.05, 3.63) is 47.8 Å². The Bertz CT molecular complexity index is 839. The molecule has 0 aliphatic rings. The van der Waals surface area contributed by atoms with Crippen LogP contribution in [0.15, 0.2) is 36.7 Å². The quantitative estimate of drug-likeness (QED) is 0.772. The Balaban J connectivity index is 2.18. The third kappa shape index (κ3) is 2.31. The van der Waals surface area contributed by atoms with Crippen LogP contribution in [0.2, 0.25) is 0 Å².